The minimum absolute atomic E-state index is 0.0172. The van der Waals surface area contributed by atoms with E-state index in [1.54, 1.807) is 14.1 Å². The quantitative estimate of drug-likeness (QED) is 0.316. The van der Waals surface area contributed by atoms with E-state index in [1.165, 1.54) is 21.7 Å². The molecule has 0 atom stereocenters. The Morgan fingerprint density at radius 3 is 2.55 bits per heavy atom. The fraction of sp³-hybridized carbons (Fsp3) is 0.238. The normalized spacial score (nSPS) is 11.8. The van der Waals surface area contributed by atoms with E-state index in [1.807, 2.05) is 32.0 Å². The number of rotatable bonds is 7. The molecule has 31 heavy (non-hydrogen) atoms. The first-order chi connectivity index (χ1) is 14.6. The molecule has 162 valence electrons. The number of hydrogen-bond acceptors (Lipinski definition) is 5. The number of nitrogens with zero attached hydrogens (tertiary/aromatic N) is 5. The molecule has 0 aliphatic rings. The highest BCUT2D eigenvalue weighted by molar-refractivity contribution is 7.90. The molecule has 1 aromatic heterocycles. The highest BCUT2D eigenvalue weighted by Crippen LogP contribution is 2.22. The molecule has 1 heterocycles. The predicted octanol–water partition coefficient (Wildman–Crippen LogP) is 2.71. The molecule has 0 saturated heterocycles. The molecule has 0 amide bonds. The zero-order chi connectivity index (χ0) is 22.8. The van der Waals surface area contributed by atoms with Gasteiger partial charge in [-0.3, -0.25) is 4.79 Å². The molecule has 0 fully saturated rings. The second-order valence-corrected chi connectivity index (χ2v) is 8.93. The molecule has 3 rings (SSSR count). The third-order valence-corrected chi connectivity index (χ3v) is 5.73. The maximum Gasteiger partial charge on any atom is 0.283 e. The Morgan fingerprint density at radius 2 is 1.90 bits per heavy atom. The summed E-state index contributed by atoms with van der Waals surface area (Å²) in [4.78, 5) is 16.6. The third kappa shape index (κ3) is 5.02. The van der Waals surface area contributed by atoms with Crippen LogP contribution in [0, 0.1) is 19.7 Å². The van der Waals surface area contributed by atoms with E-state index in [0.717, 1.165) is 29.1 Å². The average molecular weight is 444 g/mol. The van der Waals surface area contributed by atoms with E-state index in [9.17, 15) is 17.6 Å². The van der Waals surface area contributed by atoms with Crippen LogP contribution in [-0.4, -0.2) is 54.8 Å². The van der Waals surface area contributed by atoms with Gasteiger partial charge >= 0.3 is 0 Å². The van der Waals surface area contributed by atoms with Crippen molar-refractivity contribution in [2.75, 3.05) is 14.1 Å². The maximum atomic E-state index is 14.9. The summed E-state index contributed by atoms with van der Waals surface area (Å²) in [6.07, 6.45) is 1.92. The van der Waals surface area contributed by atoms with Crippen LogP contribution in [0.25, 0.3) is 5.69 Å². The van der Waals surface area contributed by atoms with E-state index in [4.69, 9.17) is 0 Å². The van der Waals surface area contributed by atoms with Crippen molar-refractivity contribution in [1.82, 2.24) is 19.7 Å². The molecule has 0 bridgehead atoms. The number of aryl methyl sites for hydroxylation is 2. The van der Waals surface area contributed by atoms with Gasteiger partial charge in [0, 0.05) is 20.5 Å². The van der Waals surface area contributed by atoms with Crippen molar-refractivity contribution >= 4 is 22.6 Å². The summed E-state index contributed by atoms with van der Waals surface area (Å²) in [6, 6.07) is 9.35. The second kappa shape index (κ2) is 8.76. The van der Waals surface area contributed by atoms with Crippen LogP contribution in [0.5, 0.6) is 0 Å². The van der Waals surface area contributed by atoms with Crippen molar-refractivity contribution in [1.29, 1.82) is 0 Å². The van der Waals surface area contributed by atoms with Crippen molar-refractivity contribution in [2.24, 2.45) is 4.40 Å². The van der Waals surface area contributed by atoms with Gasteiger partial charge in [-0.1, -0.05) is 23.8 Å². The van der Waals surface area contributed by atoms with Gasteiger partial charge in [0.05, 0.1) is 4.90 Å². The summed E-state index contributed by atoms with van der Waals surface area (Å²) in [6.45, 7) is 3.91. The lowest BCUT2D eigenvalue weighted by Crippen LogP contribution is -2.11. The molecule has 0 aliphatic heterocycles. The highest BCUT2D eigenvalue weighted by Gasteiger charge is 2.19. The van der Waals surface area contributed by atoms with Crippen LogP contribution in [0.4, 0.5) is 4.39 Å². The molecule has 0 saturated carbocycles. The number of carbonyl (C=O) groups excluding carboxylic acids is 1. The van der Waals surface area contributed by atoms with Gasteiger partial charge in [-0.05, 0) is 43.2 Å². The number of halogens is 1. The number of hydrogen-bond donors (Lipinski definition) is 0. The van der Waals surface area contributed by atoms with E-state index in [-0.39, 0.29) is 16.4 Å². The predicted molar refractivity (Wildman–Crippen MR) is 115 cm³/mol. The largest absolute Gasteiger partial charge is 0.368 e. The van der Waals surface area contributed by atoms with E-state index >= 15 is 0 Å². The third-order valence-electron chi connectivity index (χ3n) is 4.51. The monoisotopic (exact) mass is 443 g/mol. The standard InChI is InChI=1S/C21H22FN5O3S/c1-14-5-6-15(2)16(9-14)10-21-24-20(12-28)25-27(21)19-8-7-17(11-18(19)22)31(29,30)23-13-26(3)4/h5-9,11-13H,10H2,1-4H3. The molecular weight excluding hydrogens is 421 g/mol. The smallest absolute Gasteiger partial charge is 0.283 e. The summed E-state index contributed by atoms with van der Waals surface area (Å²) >= 11 is 0. The van der Waals surface area contributed by atoms with Gasteiger partial charge in [0.1, 0.15) is 23.7 Å². The van der Waals surface area contributed by atoms with Crippen LogP contribution < -0.4 is 0 Å². The van der Waals surface area contributed by atoms with Crippen LogP contribution in [0.15, 0.2) is 45.7 Å². The molecule has 0 radical (unpaired) electrons. The van der Waals surface area contributed by atoms with Crippen LogP contribution in [0.1, 0.15) is 33.1 Å². The van der Waals surface area contributed by atoms with E-state index in [2.05, 4.69) is 14.5 Å². The van der Waals surface area contributed by atoms with Crippen molar-refractivity contribution in [3.05, 3.63) is 70.6 Å². The van der Waals surface area contributed by atoms with Crippen LogP contribution in [0.2, 0.25) is 0 Å². The lowest BCUT2D eigenvalue weighted by atomic mass is 10.0. The van der Waals surface area contributed by atoms with Gasteiger partial charge in [0.2, 0.25) is 5.82 Å². The molecule has 0 spiro atoms. The Balaban J connectivity index is 2.04. The summed E-state index contributed by atoms with van der Waals surface area (Å²) in [5.74, 6) is -0.561. The Labute approximate surface area is 180 Å². The van der Waals surface area contributed by atoms with Crippen LogP contribution >= 0.6 is 0 Å². The Bertz CT molecular complexity index is 1270. The number of aromatic nitrogens is 3. The Kier molecular flexibility index (Phi) is 6.30. The molecule has 10 heteroatoms. The van der Waals surface area contributed by atoms with E-state index in [0.29, 0.717) is 18.5 Å². The van der Waals surface area contributed by atoms with Crippen LogP contribution in [-0.2, 0) is 16.4 Å². The molecular formula is C21H22FN5O3S. The average Bonchev–Trinajstić information content (AvgIpc) is 3.12. The van der Waals surface area contributed by atoms with Crippen molar-refractivity contribution < 1.29 is 17.6 Å². The number of sulfonamides is 1. The van der Waals surface area contributed by atoms with Gasteiger partial charge in [-0.15, -0.1) is 9.50 Å². The zero-order valence-electron chi connectivity index (χ0n) is 17.6. The first-order valence-electron chi connectivity index (χ1n) is 9.35. The molecule has 0 unspecified atom stereocenters. The SMILES string of the molecule is Cc1ccc(C)c(Cc2nc(C=O)nn2-c2ccc(S(=O)(=O)N=CN(C)C)cc2F)c1. The minimum atomic E-state index is -4.06. The molecule has 0 N–H and O–H groups in total. The van der Waals surface area contributed by atoms with E-state index < -0.39 is 15.8 Å². The molecule has 3 aromatic rings. The lowest BCUT2D eigenvalue weighted by Gasteiger charge is -2.10. The zero-order valence-corrected chi connectivity index (χ0v) is 18.4. The first kappa shape index (κ1) is 22.3. The van der Waals surface area contributed by atoms with Crippen molar-refractivity contribution in [3.8, 4) is 5.69 Å². The number of benzene rings is 2. The van der Waals surface area contributed by atoms with Gasteiger partial charge < -0.3 is 4.90 Å². The molecule has 8 nitrogen and oxygen atoms in total. The number of carbonyl (C=O) groups is 1. The summed E-state index contributed by atoms with van der Waals surface area (Å²) in [5, 5.41) is 4.07. The fourth-order valence-corrected chi connectivity index (χ4v) is 3.84. The summed E-state index contributed by atoms with van der Waals surface area (Å²) < 4.78 is 44.2. The van der Waals surface area contributed by atoms with Gasteiger partial charge in [-0.2, -0.15) is 8.42 Å². The van der Waals surface area contributed by atoms with Crippen LogP contribution in [0.3, 0.4) is 0 Å². The van der Waals surface area contributed by atoms with Gasteiger partial charge in [-0.25, -0.2) is 14.1 Å². The highest BCUT2D eigenvalue weighted by atomic mass is 32.2. The minimum Gasteiger partial charge on any atom is -0.368 e. The molecule has 0 aliphatic carbocycles. The lowest BCUT2D eigenvalue weighted by molar-refractivity contribution is 0.111. The Morgan fingerprint density at radius 1 is 1.16 bits per heavy atom. The molecule has 2 aromatic carbocycles. The second-order valence-electron chi connectivity index (χ2n) is 7.30. The fourth-order valence-electron chi connectivity index (χ4n) is 2.92. The maximum absolute atomic E-state index is 14.9. The van der Waals surface area contributed by atoms with Gasteiger partial charge in [0.25, 0.3) is 10.0 Å². The first-order valence-corrected chi connectivity index (χ1v) is 10.8. The Hall–Kier alpha value is -3.40. The summed E-state index contributed by atoms with van der Waals surface area (Å²) in [7, 11) is -0.818. The number of aldehydes is 1. The summed E-state index contributed by atoms with van der Waals surface area (Å²) in [5.41, 5.74) is 3.02. The van der Waals surface area contributed by atoms with Crippen molar-refractivity contribution in [3.63, 3.8) is 0 Å². The topological polar surface area (TPSA) is 97.5 Å². The van der Waals surface area contributed by atoms with Crippen molar-refractivity contribution in [2.45, 2.75) is 25.2 Å². The van der Waals surface area contributed by atoms with Gasteiger partial charge in [0.15, 0.2) is 6.29 Å².